The van der Waals surface area contributed by atoms with E-state index in [9.17, 15) is 23.2 Å². The predicted molar refractivity (Wildman–Crippen MR) is 154 cm³/mol. The molecule has 0 atom stereocenters. The quantitative estimate of drug-likeness (QED) is 0.184. The van der Waals surface area contributed by atoms with Crippen molar-refractivity contribution >= 4 is 45.9 Å². The van der Waals surface area contributed by atoms with Gasteiger partial charge in [0.1, 0.15) is 17.4 Å². The van der Waals surface area contributed by atoms with Gasteiger partial charge in [-0.3, -0.25) is 19.0 Å². The summed E-state index contributed by atoms with van der Waals surface area (Å²) < 4.78 is 34.5. The number of benzene rings is 4. The number of amides is 2. The van der Waals surface area contributed by atoms with Crippen molar-refractivity contribution in [2.75, 3.05) is 23.5 Å². The lowest BCUT2D eigenvalue weighted by molar-refractivity contribution is -0.113. The first-order valence-electron chi connectivity index (χ1n) is 12.3. The fraction of sp³-hybridized carbons (Fsp3) is 0.0667. The summed E-state index contributed by atoms with van der Waals surface area (Å²) in [4.78, 5) is 43.1. The van der Waals surface area contributed by atoms with Crippen LogP contribution in [-0.2, 0) is 4.79 Å². The average Bonchev–Trinajstić information content (AvgIpc) is 2.97. The second-order valence-electron chi connectivity index (χ2n) is 8.72. The van der Waals surface area contributed by atoms with Crippen molar-refractivity contribution in [1.82, 2.24) is 9.55 Å². The van der Waals surface area contributed by atoms with Crippen LogP contribution < -0.4 is 20.9 Å². The van der Waals surface area contributed by atoms with Crippen LogP contribution in [0.3, 0.4) is 0 Å². The summed E-state index contributed by atoms with van der Waals surface area (Å²) in [5.41, 5.74) is 0.981. The minimum absolute atomic E-state index is 0.0673. The number of hydrogen-bond donors (Lipinski definition) is 2. The molecule has 2 N–H and O–H groups in total. The molecule has 8 nitrogen and oxygen atoms in total. The minimum Gasteiger partial charge on any atom is -0.495 e. The summed E-state index contributed by atoms with van der Waals surface area (Å²) in [5, 5.41) is 5.83. The maximum absolute atomic E-state index is 14.7. The molecular formula is C30H22F2N4O4S. The van der Waals surface area contributed by atoms with Gasteiger partial charge >= 0.3 is 0 Å². The maximum Gasteiger partial charge on any atom is 0.266 e. The fourth-order valence-corrected chi connectivity index (χ4v) is 4.86. The lowest BCUT2D eigenvalue weighted by Crippen LogP contribution is -2.23. The van der Waals surface area contributed by atoms with Crippen molar-refractivity contribution in [3.8, 4) is 11.4 Å². The maximum atomic E-state index is 14.7. The first-order valence-corrected chi connectivity index (χ1v) is 13.3. The molecule has 5 rings (SSSR count). The van der Waals surface area contributed by atoms with E-state index < -0.39 is 23.1 Å². The molecule has 0 radical (unpaired) electrons. The van der Waals surface area contributed by atoms with Gasteiger partial charge in [-0.25, -0.2) is 13.8 Å². The van der Waals surface area contributed by atoms with E-state index in [1.807, 2.05) is 0 Å². The van der Waals surface area contributed by atoms with E-state index in [0.717, 1.165) is 28.5 Å². The zero-order valence-electron chi connectivity index (χ0n) is 21.6. The van der Waals surface area contributed by atoms with Gasteiger partial charge in [0.2, 0.25) is 5.91 Å². The Hall–Kier alpha value is -5.03. The first-order chi connectivity index (χ1) is 19.8. The number of rotatable bonds is 8. The van der Waals surface area contributed by atoms with Crippen LogP contribution in [0.5, 0.6) is 5.75 Å². The third-order valence-corrected chi connectivity index (χ3v) is 6.95. The number of carbonyl (C=O) groups is 2. The lowest BCUT2D eigenvalue weighted by atomic mass is 10.2. The Balaban J connectivity index is 1.31. The highest BCUT2D eigenvalue weighted by atomic mass is 32.2. The molecule has 0 fully saturated rings. The summed E-state index contributed by atoms with van der Waals surface area (Å²) in [7, 11) is 1.51. The second kappa shape index (κ2) is 12.0. The highest BCUT2D eigenvalue weighted by Crippen LogP contribution is 2.25. The van der Waals surface area contributed by atoms with Crippen molar-refractivity contribution in [3.05, 3.63) is 119 Å². The average molecular weight is 573 g/mol. The van der Waals surface area contributed by atoms with E-state index in [0.29, 0.717) is 34.3 Å². The summed E-state index contributed by atoms with van der Waals surface area (Å²) >= 11 is 0.927. The van der Waals surface area contributed by atoms with Gasteiger partial charge in [-0.2, -0.15) is 0 Å². The molecule has 0 saturated heterocycles. The molecule has 41 heavy (non-hydrogen) atoms. The van der Waals surface area contributed by atoms with Crippen LogP contribution in [0.15, 0.2) is 101 Å². The van der Waals surface area contributed by atoms with Crippen LogP contribution in [0.25, 0.3) is 16.6 Å². The van der Waals surface area contributed by atoms with Gasteiger partial charge < -0.3 is 15.4 Å². The van der Waals surface area contributed by atoms with Gasteiger partial charge in [0.15, 0.2) is 5.16 Å². The van der Waals surface area contributed by atoms with Crippen LogP contribution in [0.1, 0.15) is 10.4 Å². The summed E-state index contributed by atoms with van der Waals surface area (Å²) in [5.74, 6) is -2.14. The molecule has 1 heterocycles. The number of para-hydroxylation sites is 3. The van der Waals surface area contributed by atoms with Gasteiger partial charge in [0.25, 0.3) is 11.5 Å². The number of ether oxygens (including phenoxy) is 1. The van der Waals surface area contributed by atoms with Gasteiger partial charge in [-0.1, -0.05) is 36.0 Å². The molecule has 0 aliphatic rings. The Labute approximate surface area is 237 Å². The third kappa shape index (κ3) is 6.10. The molecule has 0 spiro atoms. The van der Waals surface area contributed by atoms with Crippen molar-refractivity contribution in [2.45, 2.75) is 5.16 Å². The number of nitrogens with one attached hydrogen (secondary N) is 2. The zero-order valence-corrected chi connectivity index (χ0v) is 22.4. The van der Waals surface area contributed by atoms with Gasteiger partial charge in [-0.05, 0) is 60.7 Å². The molecule has 0 saturated carbocycles. The molecule has 11 heteroatoms. The number of methoxy groups -OCH3 is 1. The van der Waals surface area contributed by atoms with Gasteiger partial charge in [0.05, 0.1) is 35.1 Å². The smallest absolute Gasteiger partial charge is 0.266 e. The van der Waals surface area contributed by atoms with Crippen LogP contribution in [0, 0.1) is 11.6 Å². The molecule has 5 aromatic rings. The number of nitrogens with zero attached hydrogens (tertiary/aromatic N) is 2. The number of fused-ring (bicyclic) bond motifs is 1. The summed E-state index contributed by atoms with van der Waals surface area (Å²) in [6.07, 6.45) is 0. The number of halogens is 2. The Kier molecular flexibility index (Phi) is 8.06. The summed E-state index contributed by atoms with van der Waals surface area (Å²) in [6.45, 7) is 0. The van der Waals surface area contributed by atoms with E-state index in [-0.39, 0.29) is 27.9 Å². The van der Waals surface area contributed by atoms with Crippen LogP contribution in [0.4, 0.5) is 20.2 Å². The molecule has 2 amide bonds. The molecular weight excluding hydrogens is 550 g/mol. The fourth-order valence-electron chi connectivity index (χ4n) is 4.06. The first kappa shape index (κ1) is 27.5. The molecule has 0 bridgehead atoms. The monoisotopic (exact) mass is 572 g/mol. The van der Waals surface area contributed by atoms with E-state index in [2.05, 4.69) is 15.6 Å². The van der Waals surface area contributed by atoms with E-state index in [4.69, 9.17) is 4.74 Å². The molecule has 206 valence electrons. The number of aromatic nitrogens is 2. The Morgan fingerprint density at radius 3 is 2.41 bits per heavy atom. The molecule has 0 unspecified atom stereocenters. The SMILES string of the molecule is COc1ccccc1NC(=O)c1ccc(NC(=O)CSc2nc3ccccc3c(=O)n2-c2ccc(F)cc2F)cc1. The topological polar surface area (TPSA) is 102 Å². The predicted octanol–water partition coefficient (Wildman–Crippen LogP) is 5.66. The standard InChI is InChI=1S/C30H22F2N4O4S/c1-40-26-9-5-4-8-24(26)34-28(38)18-10-13-20(14-11-18)33-27(37)17-41-30-35-23-7-3-2-6-21(23)29(39)36(30)25-15-12-19(31)16-22(25)32/h2-16H,17H2,1H3,(H,33,37)(H,34,38). The molecule has 0 aliphatic heterocycles. The van der Waals surface area contributed by atoms with Crippen LogP contribution in [0.2, 0.25) is 0 Å². The van der Waals surface area contributed by atoms with Crippen LogP contribution >= 0.6 is 11.8 Å². The number of carbonyl (C=O) groups excluding carboxylic acids is 2. The molecule has 1 aromatic heterocycles. The molecule has 4 aromatic carbocycles. The highest BCUT2D eigenvalue weighted by molar-refractivity contribution is 7.99. The van der Waals surface area contributed by atoms with Crippen molar-refractivity contribution < 1.29 is 23.1 Å². The summed E-state index contributed by atoms with van der Waals surface area (Å²) in [6, 6.07) is 22.7. The number of hydrogen-bond acceptors (Lipinski definition) is 6. The van der Waals surface area contributed by atoms with Crippen molar-refractivity contribution in [2.24, 2.45) is 0 Å². The zero-order chi connectivity index (χ0) is 28.9. The third-order valence-electron chi connectivity index (χ3n) is 6.01. The number of anilines is 2. The highest BCUT2D eigenvalue weighted by Gasteiger charge is 2.18. The largest absolute Gasteiger partial charge is 0.495 e. The Morgan fingerprint density at radius 2 is 1.66 bits per heavy atom. The van der Waals surface area contributed by atoms with Crippen molar-refractivity contribution in [3.63, 3.8) is 0 Å². The second-order valence-corrected chi connectivity index (χ2v) is 9.66. The van der Waals surface area contributed by atoms with Crippen molar-refractivity contribution in [1.29, 1.82) is 0 Å². The number of thioether (sulfide) groups is 1. The molecule has 0 aliphatic carbocycles. The Bertz CT molecular complexity index is 1830. The Morgan fingerprint density at radius 1 is 0.927 bits per heavy atom. The van der Waals surface area contributed by atoms with E-state index in [1.165, 1.54) is 7.11 Å². The van der Waals surface area contributed by atoms with Gasteiger partial charge in [0, 0.05) is 17.3 Å². The minimum atomic E-state index is -0.940. The normalized spacial score (nSPS) is 10.8. The van der Waals surface area contributed by atoms with Crippen LogP contribution in [-0.4, -0.2) is 34.2 Å². The van der Waals surface area contributed by atoms with E-state index in [1.54, 1.807) is 72.8 Å². The van der Waals surface area contributed by atoms with Gasteiger partial charge in [-0.15, -0.1) is 0 Å². The lowest BCUT2D eigenvalue weighted by Gasteiger charge is -2.14. The van der Waals surface area contributed by atoms with E-state index >= 15 is 0 Å².